The summed E-state index contributed by atoms with van der Waals surface area (Å²) in [7, 11) is 1.69. The number of carbonyl (C=O) groups excluding carboxylic acids is 1. The Morgan fingerprint density at radius 1 is 1.04 bits per heavy atom. The van der Waals surface area contributed by atoms with E-state index in [0.29, 0.717) is 5.92 Å². The molecule has 2 aromatic rings. The Bertz CT molecular complexity index is 813. The minimum atomic E-state index is -0.571. The van der Waals surface area contributed by atoms with Crippen LogP contribution in [0.4, 0.5) is 0 Å². The number of rotatable bonds is 8. The molecule has 1 amide bonds. The quantitative estimate of drug-likeness (QED) is 0.670. The van der Waals surface area contributed by atoms with E-state index in [-0.39, 0.29) is 11.9 Å². The number of carbonyl (C=O) groups is 1. The number of amides is 1. The standard InChI is InChI=1S/C24H33NO3/c1-8-19-11-9-10-12-22(19)28-18(6)24(26)25-17(5)21-14-20(15(2)3)23(27-7)13-16(21)4/h9-15,17-18H,8H2,1-7H3,(H,25,26)/t17-,18+/m0/s1. The highest BCUT2D eigenvalue weighted by Crippen LogP contribution is 2.32. The van der Waals surface area contributed by atoms with Crippen LogP contribution in [0.2, 0.25) is 0 Å². The number of ether oxygens (including phenoxy) is 2. The summed E-state index contributed by atoms with van der Waals surface area (Å²) in [5, 5.41) is 3.09. The first-order valence-electron chi connectivity index (χ1n) is 10.0. The molecule has 2 atom stereocenters. The molecular formula is C24H33NO3. The smallest absolute Gasteiger partial charge is 0.261 e. The molecule has 28 heavy (non-hydrogen) atoms. The van der Waals surface area contributed by atoms with Crippen LogP contribution in [0, 0.1) is 6.92 Å². The molecule has 4 nitrogen and oxygen atoms in total. The molecular weight excluding hydrogens is 350 g/mol. The Labute approximate surface area is 169 Å². The van der Waals surface area contributed by atoms with E-state index in [9.17, 15) is 4.79 Å². The summed E-state index contributed by atoms with van der Waals surface area (Å²) in [6.45, 7) is 12.2. The predicted molar refractivity (Wildman–Crippen MR) is 114 cm³/mol. The van der Waals surface area contributed by atoms with E-state index in [2.05, 4.69) is 32.2 Å². The van der Waals surface area contributed by atoms with Gasteiger partial charge in [-0.3, -0.25) is 4.79 Å². The number of hydrogen-bond donors (Lipinski definition) is 1. The molecule has 0 saturated carbocycles. The van der Waals surface area contributed by atoms with Crippen LogP contribution in [0.25, 0.3) is 0 Å². The zero-order chi connectivity index (χ0) is 20.8. The Hall–Kier alpha value is -2.49. The first kappa shape index (κ1) is 21.8. The largest absolute Gasteiger partial charge is 0.496 e. The zero-order valence-corrected chi connectivity index (χ0v) is 18.1. The molecule has 4 heteroatoms. The van der Waals surface area contributed by atoms with Crippen LogP contribution in [0.15, 0.2) is 36.4 Å². The lowest BCUT2D eigenvalue weighted by Gasteiger charge is -2.23. The van der Waals surface area contributed by atoms with Crippen LogP contribution in [-0.4, -0.2) is 19.1 Å². The predicted octanol–water partition coefficient (Wildman–Crippen LogP) is 5.33. The Morgan fingerprint density at radius 3 is 2.32 bits per heavy atom. The van der Waals surface area contributed by atoms with Crippen LogP contribution < -0.4 is 14.8 Å². The first-order chi connectivity index (χ1) is 13.3. The van der Waals surface area contributed by atoms with Crippen molar-refractivity contribution in [3.63, 3.8) is 0 Å². The monoisotopic (exact) mass is 383 g/mol. The average molecular weight is 384 g/mol. The minimum Gasteiger partial charge on any atom is -0.496 e. The highest BCUT2D eigenvalue weighted by atomic mass is 16.5. The fourth-order valence-corrected chi connectivity index (χ4v) is 3.37. The van der Waals surface area contributed by atoms with Crippen molar-refractivity contribution < 1.29 is 14.3 Å². The summed E-state index contributed by atoms with van der Waals surface area (Å²) >= 11 is 0. The third-order valence-electron chi connectivity index (χ3n) is 5.09. The highest BCUT2D eigenvalue weighted by Gasteiger charge is 2.21. The van der Waals surface area contributed by atoms with Gasteiger partial charge in [0.2, 0.25) is 0 Å². The van der Waals surface area contributed by atoms with E-state index < -0.39 is 6.10 Å². The van der Waals surface area contributed by atoms with Gasteiger partial charge in [-0.05, 0) is 73.6 Å². The Balaban J connectivity index is 2.14. The van der Waals surface area contributed by atoms with Gasteiger partial charge in [0.05, 0.1) is 13.2 Å². The molecule has 0 radical (unpaired) electrons. The number of para-hydroxylation sites is 1. The number of nitrogens with one attached hydrogen (secondary N) is 1. The summed E-state index contributed by atoms with van der Waals surface area (Å²) in [6, 6.07) is 11.9. The van der Waals surface area contributed by atoms with Gasteiger partial charge < -0.3 is 14.8 Å². The van der Waals surface area contributed by atoms with Gasteiger partial charge in [-0.15, -0.1) is 0 Å². The molecule has 2 aromatic carbocycles. The van der Waals surface area contributed by atoms with Gasteiger partial charge in [0, 0.05) is 0 Å². The van der Waals surface area contributed by atoms with Crippen molar-refractivity contribution in [1.29, 1.82) is 0 Å². The van der Waals surface area contributed by atoms with Crippen molar-refractivity contribution in [2.75, 3.05) is 7.11 Å². The maximum absolute atomic E-state index is 12.7. The van der Waals surface area contributed by atoms with Crippen molar-refractivity contribution in [2.45, 2.75) is 66.0 Å². The van der Waals surface area contributed by atoms with Crippen molar-refractivity contribution in [3.05, 3.63) is 58.7 Å². The molecule has 0 aliphatic rings. The molecule has 2 rings (SSSR count). The molecule has 0 saturated heterocycles. The maximum Gasteiger partial charge on any atom is 0.261 e. The molecule has 1 N–H and O–H groups in total. The molecule has 0 bridgehead atoms. The van der Waals surface area contributed by atoms with E-state index >= 15 is 0 Å². The van der Waals surface area contributed by atoms with Gasteiger partial charge in [-0.25, -0.2) is 0 Å². The number of aryl methyl sites for hydroxylation is 2. The maximum atomic E-state index is 12.7. The first-order valence-corrected chi connectivity index (χ1v) is 10.0. The second kappa shape index (κ2) is 9.63. The molecule has 0 spiro atoms. The summed E-state index contributed by atoms with van der Waals surface area (Å²) in [5.41, 5.74) is 4.44. The van der Waals surface area contributed by atoms with Gasteiger partial charge >= 0.3 is 0 Å². The lowest BCUT2D eigenvalue weighted by atomic mass is 9.93. The molecule has 0 aliphatic heterocycles. The normalized spacial score (nSPS) is 13.1. The molecule has 0 fully saturated rings. The fraction of sp³-hybridized carbons (Fsp3) is 0.458. The summed E-state index contributed by atoms with van der Waals surface area (Å²) in [5.74, 6) is 1.87. The SMILES string of the molecule is CCc1ccccc1O[C@H](C)C(=O)N[C@@H](C)c1cc(C(C)C)c(OC)cc1C. The summed E-state index contributed by atoms with van der Waals surface area (Å²) < 4.78 is 11.5. The van der Waals surface area contributed by atoms with Crippen molar-refractivity contribution in [1.82, 2.24) is 5.32 Å². The second-order valence-electron chi connectivity index (χ2n) is 7.56. The summed E-state index contributed by atoms with van der Waals surface area (Å²) in [6.07, 6.45) is 0.294. The third-order valence-corrected chi connectivity index (χ3v) is 5.09. The van der Waals surface area contributed by atoms with Gasteiger partial charge in [-0.1, -0.05) is 39.0 Å². The van der Waals surface area contributed by atoms with E-state index in [1.54, 1.807) is 14.0 Å². The topological polar surface area (TPSA) is 47.6 Å². The Kier molecular flexibility index (Phi) is 7.50. The van der Waals surface area contributed by atoms with Crippen molar-refractivity contribution >= 4 is 5.91 Å². The second-order valence-corrected chi connectivity index (χ2v) is 7.56. The van der Waals surface area contributed by atoms with Gasteiger partial charge in [0.1, 0.15) is 11.5 Å². The van der Waals surface area contributed by atoms with Gasteiger partial charge in [-0.2, -0.15) is 0 Å². The zero-order valence-electron chi connectivity index (χ0n) is 18.1. The third kappa shape index (κ3) is 5.06. The van der Waals surface area contributed by atoms with E-state index in [4.69, 9.17) is 9.47 Å². The number of methoxy groups -OCH3 is 1. The summed E-state index contributed by atoms with van der Waals surface area (Å²) in [4.78, 5) is 12.7. The highest BCUT2D eigenvalue weighted by molar-refractivity contribution is 5.81. The van der Waals surface area contributed by atoms with Crippen LogP contribution >= 0.6 is 0 Å². The molecule has 0 heterocycles. The van der Waals surface area contributed by atoms with Gasteiger partial charge in [0.25, 0.3) is 5.91 Å². The average Bonchev–Trinajstić information content (AvgIpc) is 2.67. The lowest BCUT2D eigenvalue weighted by molar-refractivity contribution is -0.127. The Morgan fingerprint density at radius 2 is 1.71 bits per heavy atom. The molecule has 0 unspecified atom stereocenters. The number of benzene rings is 2. The minimum absolute atomic E-state index is 0.122. The van der Waals surface area contributed by atoms with E-state index in [1.165, 1.54) is 0 Å². The molecule has 0 aromatic heterocycles. The van der Waals surface area contributed by atoms with Gasteiger partial charge in [0.15, 0.2) is 6.10 Å². The fourth-order valence-electron chi connectivity index (χ4n) is 3.37. The van der Waals surface area contributed by atoms with Crippen LogP contribution in [0.5, 0.6) is 11.5 Å². The van der Waals surface area contributed by atoms with Crippen LogP contribution in [-0.2, 0) is 11.2 Å². The molecule has 152 valence electrons. The van der Waals surface area contributed by atoms with Crippen molar-refractivity contribution in [3.8, 4) is 11.5 Å². The van der Waals surface area contributed by atoms with Crippen LogP contribution in [0.3, 0.4) is 0 Å². The lowest BCUT2D eigenvalue weighted by Crippen LogP contribution is -2.38. The molecule has 0 aliphatic carbocycles. The van der Waals surface area contributed by atoms with E-state index in [1.807, 2.05) is 44.2 Å². The van der Waals surface area contributed by atoms with Crippen LogP contribution in [0.1, 0.15) is 68.8 Å². The van der Waals surface area contributed by atoms with E-state index in [0.717, 1.165) is 40.2 Å². The van der Waals surface area contributed by atoms with Crippen molar-refractivity contribution in [2.24, 2.45) is 0 Å². The number of hydrogen-bond acceptors (Lipinski definition) is 3.